The van der Waals surface area contributed by atoms with Gasteiger partial charge in [0, 0.05) is 19.6 Å². The van der Waals surface area contributed by atoms with Crippen LogP contribution in [0.25, 0.3) is 0 Å². The maximum absolute atomic E-state index is 12.3. The molecule has 1 atom stereocenters. The molecule has 0 aromatic heterocycles. The number of nitrogens with zero attached hydrogens (tertiary/aromatic N) is 1. The first-order chi connectivity index (χ1) is 10.8. The minimum atomic E-state index is -0.514. The van der Waals surface area contributed by atoms with Crippen LogP contribution in [0.2, 0.25) is 0 Å². The predicted octanol–water partition coefficient (Wildman–Crippen LogP) is 2.95. The van der Waals surface area contributed by atoms with E-state index in [2.05, 4.69) is 5.32 Å². The first-order valence-corrected chi connectivity index (χ1v) is 8.15. The van der Waals surface area contributed by atoms with Crippen LogP contribution in [0.1, 0.15) is 39.2 Å². The molecule has 0 bridgehead atoms. The summed E-state index contributed by atoms with van der Waals surface area (Å²) in [7, 11) is 0. The van der Waals surface area contributed by atoms with Crippen LogP contribution in [-0.2, 0) is 16.1 Å². The topological polar surface area (TPSA) is 58.6 Å². The monoisotopic (exact) mass is 318 g/mol. The SMILES string of the molecule is CC(C)(C)OC(=O)N1CCCC(C(=O)NCc2ccccc2)C1. The van der Waals surface area contributed by atoms with E-state index in [0.29, 0.717) is 19.6 Å². The van der Waals surface area contributed by atoms with Crippen molar-refractivity contribution in [2.45, 2.75) is 45.8 Å². The molecular formula is C18H26N2O3. The lowest BCUT2D eigenvalue weighted by Gasteiger charge is -2.33. The van der Waals surface area contributed by atoms with Crippen LogP contribution >= 0.6 is 0 Å². The van der Waals surface area contributed by atoms with Gasteiger partial charge in [0.05, 0.1) is 5.92 Å². The molecule has 1 heterocycles. The highest BCUT2D eigenvalue weighted by molar-refractivity contribution is 5.80. The van der Waals surface area contributed by atoms with Crippen molar-refractivity contribution in [2.75, 3.05) is 13.1 Å². The van der Waals surface area contributed by atoms with Crippen LogP contribution in [0.3, 0.4) is 0 Å². The Morgan fingerprint density at radius 2 is 1.96 bits per heavy atom. The van der Waals surface area contributed by atoms with Crippen molar-refractivity contribution < 1.29 is 14.3 Å². The van der Waals surface area contributed by atoms with E-state index in [0.717, 1.165) is 18.4 Å². The molecule has 1 aliphatic rings. The minimum Gasteiger partial charge on any atom is -0.444 e. The van der Waals surface area contributed by atoms with Gasteiger partial charge in [0.15, 0.2) is 0 Å². The van der Waals surface area contributed by atoms with Gasteiger partial charge in [0.25, 0.3) is 0 Å². The Balaban J connectivity index is 1.85. The number of likely N-dealkylation sites (tertiary alicyclic amines) is 1. The highest BCUT2D eigenvalue weighted by Crippen LogP contribution is 2.19. The van der Waals surface area contributed by atoms with Crippen molar-refractivity contribution in [3.05, 3.63) is 35.9 Å². The van der Waals surface area contributed by atoms with Gasteiger partial charge in [-0.1, -0.05) is 30.3 Å². The smallest absolute Gasteiger partial charge is 0.410 e. The molecule has 0 saturated carbocycles. The molecule has 2 rings (SSSR count). The van der Waals surface area contributed by atoms with Crippen LogP contribution in [0.15, 0.2) is 30.3 Å². The summed E-state index contributed by atoms with van der Waals surface area (Å²) < 4.78 is 5.39. The number of benzene rings is 1. The van der Waals surface area contributed by atoms with Crippen molar-refractivity contribution in [1.29, 1.82) is 0 Å². The summed E-state index contributed by atoms with van der Waals surface area (Å²) >= 11 is 0. The minimum absolute atomic E-state index is 0.00196. The maximum atomic E-state index is 12.3. The average Bonchev–Trinajstić information content (AvgIpc) is 2.52. The molecule has 1 fully saturated rings. The van der Waals surface area contributed by atoms with Gasteiger partial charge in [-0.25, -0.2) is 4.79 Å². The molecule has 1 aliphatic heterocycles. The number of hydrogen-bond donors (Lipinski definition) is 1. The van der Waals surface area contributed by atoms with E-state index in [9.17, 15) is 9.59 Å². The summed E-state index contributed by atoms with van der Waals surface area (Å²) in [6.07, 6.45) is 1.29. The standard InChI is InChI=1S/C18H26N2O3/c1-18(2,3)23-17(22)20-11-7-10-15(13-20)16(21)19-12-14-8-5-4-6-9-14/h4-6,8-9,15H,7,10-13H2,1-3H3,(H,19,21). The summed E-state index contributed by atoms with van der Waals surface area (Å²) in [5.41, 5.74) is 0.556. The lowest BCUT2D eigenvalue weighted by molar-refractivity contribution is -0.126. The first-order valence-electron chi connectivity index (χ1n) is 8.15. The average molecular weight is 318 g/mol. The van der Waals surface area contributed by atoms with Crippen molar-refractivity contribution in [3.63, 3.8) is 0 Å². The van der Waals surface area contributed by atoms with Crippen molar-refractivity contribution in [2.24, 2.45) is 5.92 Å². The van der Waals surface area contributed by atoms with Crippen LogP contribution in [0, 0.1) is 5.92 Å². The molecule has 2 amide bonds. The second kappa shape index (κ2) is 7.49. The molecule has 126 valence electrons. The molecule has 1 aromatic carbocycles. The van der Waals surface area contributed by atoms with Gasteiger partial charge in [-0.15, -0.1) is 0 Å². The van der Waals surface area contributed by atoms with Crippen molar-refractivity contribution >= 4 is 12.0 Å². The van der Waals surface area contributed by atoms with Crippen LogP contribution in [-0.4, -0.2) is 35.6 Å². The molecular weight excluding hydrogens is 292 g/mol. The van der Waals surface area contributed by atoms with E-state index >= 15 is 0 Å². The third-order valence-corrected chi connectivity index (χ3v) is 3.75. The lowest BCUT2D eigenvalue weighted by Crippen LogP contribution is -2.46. The Kier molecular flexibility index (Phi) is 5.64. The lowest BCUT2D eigenvalue weighted by atomic mass is 9.97. The fourth-order valence-electron chi connectivity index (χ4n) is 2.61. The maximum Gasteiger partial charge on any atom is 0.410 e. The summed E-state index contributed by atoms with van der Waals surface area (Å²) in [5.74, 6) is -0.165. The second-order valence-corrected chi connectivity index (χ2v) is 6.97. The number of ether oxygens (including phenoxy) is 1. The van der Waals surface area contributed by atoms with Gasteiger partial charge in [-0.2, -0.15) is 0 Å². The molecule has 0 aliphatic carbocycles. The van der Waals surface area contributed by atoms with Crippen molar-refractivity contribution in [3.8, 4) is 0 Å². The van der Waals surface area contributed by atoms with Gasteiger partial charge in [-0.05, 0) is 39.2 Å². The van der Waals surface area contributed by atoms with Crippen LogP contribution in [0.5, 0.6) is 0 Å². The number of rotatable bonds is 3. The number of carbonyl (C=O) groups is 2. The largest absolute Gasteiger partial charge is 0.444 e. The van der Waals surface area contributed by atoms with Gasteiger partial charge in [0.2, 0.25) is 5.91 Å². The molecule has 0 radical (unpaired) electrons. The highest BCUT2D eigenvalue weighted by Gasteiger charge is 2.30. The Hall–Kier alpha value is -2.04. The third-order valence-electron chi connectivity index (χ3n) is 3.75. The molecule has 1 saturated heterocycles. The Labute approximate surface area is 138 Å². The fraction of sp³-hybridized carbons (Fsp3) is 0.556. The van der Waals surface area contributed by atoms with E-state index in [1.165, 1.54) is 0 Å². The van der Waals surface area contributed by atoms with Crippen LogP contribution in [0.4, 0.5) is 4.79 Å². The third kappa shape index (κ3) is 5.58. The second-order valence-electron chi connectivity index (χ2n) is 6.97. The number of nitrogens with one attached hydrogen (secondary N) is 1. The number of hydrogen-bond acceptors (Lipinski definition) is 3. The molecule has 0 spiro atoms. The molecule has 5 nitrogen and oxygen atoms in total. The fourth-order valence-corrected chi connectivity index (χ4v) is 2.61. The molecule has 5 heteroatoms. The molecule has 1 aromatic rings. The van der Waals surface area contributed by atoms with Gasteiger partial charge < -0.3 is 15.0 Å². The van der Waals surface area contributed by atoms with E-state index in [1.807, 2.05) is 51.1 Å². The quantitative estimate of drug-likeness (QED) is 0.932. The number of piperidine rings is 1. The van der Waals surface area contributed by atoms with E-state index < -0.39 is 5.60 Å². The Morgan fingerprint density at radius 1 is 1.26 bits per heavy atom. The molecule has 1 unspecified atom stereocenters. The van der Waals surface area contributed by atoms with E-state index in [-0.39, 0.29) is 17.9 Å². The molecule has 1 N–H and O–H groups in total. The zero-order valence-electron chi connectivity index (χ0n) is 14.2. The molecule has 23 heavy (non-hydrogen) atoms. The number of amides is 2. The van der Waals surface area contributed by atoms with E-state index in [4.69, 9.17) is 4.74 Å². The zero-order chi connectivity index (χ0) is 16.9. The number of carbonyl (C=O) groups excluding carboxylic acids is 2. The van der Waals surface area contributed by atoms with Gasteiger partial charge in [0.1, 0.15) is 5.60 Å². The van der Waals surface area contributed by atoms with E-state index in [1.54, 1.807) is 4.90 Å². The van der Waals surface area contributed by atoms with Crippen LogP contribution < -0.4 is 5.32 Å². The van der Waals surface area contributed by atoms with Gasteiger partial charge >= 0.3 is 6.09 Å². The normalized spacial score (nSPS) is 18.4. The Morgan fingerprint density at radius 3 is 2.61 bits per heavy atom. The summed E-state index contributed by atoms with van der Waals surface area (Å²) in [5, 5.41) is 2.96. The summed E-state index contributed by atoms with van der Waals surface area (Å²) in [6.45, 7) is 7.13. The zero-order valence-corrected chi connectivity index (χ0v) is 14.2. The Bertz CT molecular complexity index is 537. The summed E-state index contributed by atoms with van der Waals surface area (Å²) in [6, 6.07) is 9.81. The predicted molar refractivity (Wildman–Crippen MR) is 88.8 cm³/mol. The summed E-state index contributed by atoms with van der Waals surface area (Å²) in [4.78, 5) is 26.1. The highest BCUT2D eigenvalue weighted by atomic mass is 16.6. The van der Waals surface area contributed by atoms with Crippen molar-refractivity contribution in [1.82, 2.24) is 10.2 Å². The van der Waals surface area contributed by atoms with Gasteiger partial charge in [-0.3, -0.25) is 4.79 Å². The first kappa shape index (κ1) is 17.3.